The second kappa shape index (κ2) is 3.92. The molecule has 1 atom stereocenters. The number of fused-ring (bicyclic) bond motifs is 4. The molecular formula is C17H16N2O. The van der Waals surface area contributed by atoms with Gasteiger partial charge in [0.2, 0.25) is 5.91 Å². The van der Waals surface area contributed by atoms with Gasteiger partial charge in [0.15, 0.2) is 0 Å². The number of hydrogen-bond acceptors (Lipinski definition) is 2. The Morgan fingerprint density at radius 3 is 2.95 bits per heavy atom. The molecule has 3 nitrogen and oxygen atoms in total. The molecule has 2 aromatic rings. The molecule has 2 aliphatic rings. The van der Waals surface area contributed by atoms with Gasteiger partial charge >= 0.3 is 0 Å². The third-order valence-corrected chi connectivity index (χ3v) is 4.70. The average Bonchev–Trinajstić information content (AvgIpc) is 2.72. The third kappa shape index (κ3) is 1.25. The standard InChI is InChI=1S/C17H16N2O/c1-19-14-9-5-11-18-15(14)17(16(19)20)10-4-7-12-6-2-3-8-13(12)17/h2-3,5-6,8-9,11H,4,7,10H2,1H3/t17-/m1/s1. The Kier molecular flexibility index (Phi) is 2.28. The number of hydrogen-bond donors (Lipinski definition) is 0. The molecule has 0 N–H and O–H groups in total. The van der Waals surface area contributed by atoms with Crippen molar-refractivity contribution in [1.29, 1.82) is 0 Å². The van der Waals surface area contributed by atoms with Gasteiger partial charge in [-0.2, -0.15) is 0 Å². The molecule has 1 spiro atoms. The number of pyridine rings is 1. The molecule has 0 saturated carbocycles. The third-order valence-electron chi connectivity index (χ3n) is 4.70. The monoisotopic (exact) mass is 264 g/mol. The van der Waals surface area contributed by atoms with E-state index in [1.165, 1.54) is 5.56 Å². The van der Waals surface area contributed by atoms with Gasteiger partial charge in [0, 0.05) is 13.2 Å². The van der Waals surface area contributed by atoms with Crippen molar-refractivity contribution in [2.75, 3.05) is 11.9 Å². The summed E-state index contributed by atoms with van der Waals surface area (Å²) in [4.78, 5) is 19.3. The van der Waals surface area contributed by atoms with Crippen molar-refractivity contribution in [2.24, 2.45) is 0 Å². The molecule has 0 radical (unpaired) electrons. The zero-order chi connectivity index (χ0) is 13.7. The fourth-order valence-corrected chi connectivity index (χ4v) is 3.79. The number of aromatic nitrogens is 1. The summed E-state index contributed by atoms with van der Waals surface area (Å²) < 4.78 is 0. The van der Waals surface area contributed by atoms with Crippen LogP contribution in [0.5, 0.6) is 0 Å². The summed E-state index contributed by atoms with van der Waals surface area (Å²) >= 11 is 0. The van der Waals surface area contributed by atoms with Crippen molar-refractivity contribution in [3.05, 3.63) is 59.4 Å². The van der Waals surface area contributed by atoms with Gasteiger partial charge in [0.1, 0.15) is 5.41 Å². The lowest BCUT2D eigenvalue weighted by atomic mass is 9.68. The van der Waals surface area contributed by atoms with Gasteiger partial charge in [0.05, 0.1) is 11.4 Å². The maximum atomic E-state index is 13.0. The number of benzene rings is 1. The van der Waals surface area contributed by atoms with Gasteiger partial charge in [-0.25, -0.2) is 0 Å². The van der Waals surface area contributed by atoms with Crippen LogP contribution in [0.3, 0.4) is 0 Å². The molecule has 1 aromatic carbocycles. The van der Waals surface area contributed by atoms with Crippen molar-refractivity contribution in [3.8, 4) is 0 Å². The summed E-state index contributed by atoms with van der Waals surface area (Å²) in [5.74, 6) is 0.165. The summed E-state index contributed by atoms with van der Waals surface area (Å²) in [5.41, 5.74) is 3.77. The first kappa shape index (κ1) is 11.6. The van der Waals surface area contributed by atoms with E-state index in [-0.39, 0.29) is 5.91 Å². The molecule has 20 heavy (non-hydrogen) atoms. The van der Waals surface area contributed by atoms with E-state index in [0.717, 1.165) is 36.2 Å². The lowest BCUT2D eigenvalue weighted by Gasteiger charge is -2.33. The van der Waals surface area contributed by atoms with Crippen LogP contribution < -0.4 is 4.90 Å². The van der Waals surface area contributed by atoms with Gasteiger partial charge in [-0.05, 0) is 42.5 Å². The minimum atomic E-state index is -0.555. The summed E-state index contributed by atoms with van der Waals surface area (Å²) in [7, 11) is 1.86. The van der Waals surface area contributed by atoms with Crippen LogP contribution >= 0.6 is 0 Å². The SMILES string of the molecule is CN1C(=O)[C@@]2(CCCc3ccccc32)c2ncccc21. The average molecular weight is 264 g/mol. The highest BCUT2D eigenvalue weighted by Gasteiger charge is 2.53. The minimum Gasteiger partial charge on any atom is -0.313 e. The quantitative estimate of drug-likeness (QED) is 0.733. The molecule has 0 bridgehead atoms. The molecule has 1 amide bonds. The number of likely N-dealkylation sites (N-methyl/N-ethyl adjacent to an activating group) is 1. The number of nitrogens with zero attached hydrogens (tertiary/aromatic N) is 2. The van der Waals surface area contributed by atoms with Crippen LogP contribution in [-0.2, 0) is 16.6 Å². The van der Waals surface area contributed by atoms with E-state index in [1.807, 2.05) is 25.2 Å². The Hall–Kier alpha value is -2.16. The summed E-state index contributed by atoms with van der Waals surface area (Å²) in [6, 6.07) is 12.2. The van der Waals surface area contributed by atoms with Crippen molar-refractivity contribution in [2.45, 2.75) is 24.7 Å². The zero-order valence-electron chi connectivity index (χ0n) is 11.5. The lowest BCUT2D eigenvalue weighted by molar-refractivity contribution is -0.122. The van der Waals surface area contributed by atoms with Gasteiger partial charge in [-0.3, -0.25) is 9.78 Å². The summed E-state index contributed by atoms with van der Waals surface area (Å²) in [6.45, 7) is 0. The molecule has 1 aliphatic carbocycles. The number of aryl methyl sites for hydroxylation is 1. The number of carbonyl (C=O) groups excluding carboxylic acids is 1. The first-order chi connectivity index (χ1) is 9.75. The first-order valence-electron chi connectivity index (χ1n) is 7.07. The smallest absolute Gasteiger partial charge is 0.243 e. The molecule has 4 rings (SSSR count). The van der Waals surface area contributed by atoms with Crippen LogP contribution in [0.15, 0.2) is 42.6 Å². The molecule has 1 aliphatic heterocycles. The Labute approximate surface area is 118 Å². The van der Waals surface area contributed by atoms with E-state index in [2.05, 4.69) is 23.2 Å². The second-order valence-corrected chi connectivity index (χ2v) is 5.65. The summed E-state index contributed by atoms with van der Waals surface area (Å²) in [5, 5.41) is 0. The van der Waals surface area contributed by atoms with Crippen molar-refractivity contribution in [1.82, 2.24) is 4.98 Å². The van der Waals surface area contributed by atoms with Gasteiger partial charge in [-0.15, -0.1) is 0 Å². The van der Waals surface area contributed by atoms with Crippen molar-refractivity contribution < 1.29 is 4.79 Å². The fraction of sp³-hybridized carbons (Fsp3) is 0.294. The molecule has 3 heteroatoms. The predicted octanol–water partition coefficient (Wildman–Crippen LogP) is 2.68. The molecule has 0 fully saturated rings. The van der Waals surface area contributed by atoms with Crippen molar-refractivity contribution >= 4 is 11.6 Å². The van der Waals surface area contributed by atoms with Crippen LogP contribution in [0, 0.1) is 0 Å². The van der Waals surface area contributed by atoms with E-state index < -0.39 is 5.41 Å². The van der Waals surface area contributed by atoms with Gasteiger partial charge in [-0.1, -0.05) is 24.3 Å². The Bertz CT molecular complexity index is 710. The van der Waals surface area contributed by atoms with E-state index in [9.17, 15) is 4.79 Å². The predicted molar refractivity (Wildman–Crippen MR) is 77.8 cm³/mol. The number of anilines is 1. The van der Waals surface area contributed by atoms with Crippen LogP contribution in [0.2, 0.25) is 0 Å². The van der Waals surface area contributed by atoms with Crippen LogP contribution in [-0.4, -0.2) is 17.9 Å². The highest BCUT2D eigenvalue weighted by atomic mass is 16.2. The molecule has 0 saturated heterocycles. The zero-order valence-corrected chi connectivity index (χ0v) is 11.5. The van der Waals surface area contributed by atoms with Crippen LogP contribution in [0.25, 0.3) is 0 Å². The Morgan fingerprint density at radius 1 is 1.20 bits per heavy atom. The first-order valence-corrected chi connectivity index (χ1v) is 7.07. The largest absolute Gasteiger partial charge is 0.313 e. The normalized spacial score (nSPS) is 23.9. The molecule has 100 valence electrons. The number of amides is 1. The maximum Gasteiger partial charge on any atom is 0.243 e. The molecule has 2 heterocycles. The topological polar surface area (TPSA) is 33.2 Å². The van der Waals surface area contributed by atoms with E-state index in [4.69, 9.17) is 0 Å². The number of carbonyl (C=O) groups is 1. The van der Waals surface area contributed by atoms with E-state index >= 15 is 0 Å². The maximum absolute atomic E-state index is 13.0. The molecule has 0 unspecified atom stereocenters. The minimum absolute atomic E-state index is 0.165. The highest BCUT2D eigenvalue weighted by molar-refractivity contribution is 6.09. The van der Waals surface area contributed by atoms with Crippen LogP contribution in [0.1, 0.15) is 29.7 Å². The Balaban J connectivity index is 2.05. The second-order valence-electron chi connectivity index (χ2n) is 5.65. The lowest BCUT2D eigenvalue weighted by Crippen LogP contribution is -2.42. The fourth-order valence-electron chi connectivity index (χ4n) is 3.79. The number of rotatable bonds is 0. The van der Waals surface area contributed by atoms with Crippen molar-refractivity contribution in [3.63, 3.8) is 0 Å². The Morgan fingerprint density at radius 2 is 2.05 bits per heavy atom. The summed E-state index contributed by atoms with van der Waals surface area (Å²) in [6.07, 6.45) is 4.74. The molecule has 1 aromatic heterocycles. The van der Waals surface area contributed by atoms with E-state index in [1.54, 1.807) is 11.1 Å². The highest BCUT2D eigenvalue weighted by Crippen LogP contribution is 2.50. The molecular weight excluding hydrogens is 248 g/mol. The van der Waals surface area contributed by atoms with Crippen LogP contribution in [0.4, 0.5) is 5.69 Å². The van der Waals surface area contributed by atoms with Gasteiger partial charge in [0.25, 0.3) is 0 Å². The van der Waals surface area contributed by atoms with E-state index in [0.29, 0.717) is 0 Å². The van der Waals surface area contributed by atoms with Gasteiger partial charge < -0.3 is 4.90 Å².